The Hall–Kier alpha value is -1.06. The predicted molar refractivity (Wildman–Crippen MR) is 88.5 cm³/mol. The average molecular weight is 290 g/mol. The molecule has 1 heterocycles. The Bertz CT molecular complexity index is 418. The van der Waals surface area contributed by atoms with E-state index in [1.54, 1.807) is 0 Å². The molecule has 0 spiro atoms. The quantitative estimate of drug-likeness (QED) is 0.872. The van der Waals surface area contributed by atoms with E-state index in [9.17, 15) is 0 Å². The van der Waals surface area contributed by atoms with Gasteiger partial charge in [-0.15, -0.1) is 0 Å². The first-order valence-electron chi connectivity index (χ1n) is 8.32. The van der Waals surface area contributed by atoms with Crippen LogP contribution in [0.1, 0.15) is 45.2 Å². The number of piperidine rings is 1. The van der Waals surface area contributed by atoms with Crippen molar-refractivity contribution in [3.8, 4) is 5.75 Å². The Labute approximate surface area is 129 Å². The normalized spacial score (nSPS) is 24.8. The van der Waals surface area contributed by atoms with E-state index in [1.165, 1.54) is 12.0 Å². The van der Waals surface area contributed by atoms with E-state index in [0.29, 0.717) is 12.6 Å². The van der Waals surface area contributed by atoms with Crippen LogP contribution in [0.2, 0.25) is 0 Å². The summed E-state index contributed by atoms with van der Waals surface area (Å²) in [7, 11) is 0. The highest BCUT2D eigenvalue weighted by Crippen LogP contribution is 2.30. The SMILES string of the molecule is CCCOc1ccc(C(CN)N2CCC(C)C(C)C2)cc1. The molecule has 118 valence electrons. The number of rotatable bonds is 6. The summed E-state index contributed by atoms with van der Waals surface area (Å²) in [6.45, 7) is 10.6. The van der Waals surface area contributed by atoms with Crippen LogP contribution in [0.4, 0.5) is 0 Å². The second-order valence-corrected chi connectivity index (χ2v) is 6.41. The number of nitrogens with zero attached hydrogens (tertiary/aromatic N) is 1. The fraction of sp³-hybridized carbons (Fsp3) is 0.667. The summed E-state index contributed by atoms with van der Waals surface area (Å²) in [6, 6.07) is 8.82. The van der Waals surface area contributed by atoms with Gasteiger partial charge in [-0.25, -0.2) is 0 Å². The largest absolute Gasteiger partial charge is 0.494 e. The van der Waals surface area contributed by atoms with Gasteiger partial charge in [0.25, 0.3) is 0 Å². The Balaban J connectivity index is 2.03. The Kier molecular flexibility index (Phi) is 6.07. The van der Waals surface area contributed by atoms with Gasteiger partial charge in [0.05, 0.1) is 6.61 Å². The van der Waals surface area contributed by atoms with Crippen LogP contribution in [0, 0.1) is 11.8 Å². The molecule has 0 amide bonds. The number of nitrogens with two attached hydrogens (primary N) is 1. The van der Waals surface area contributed by atoms with Crippen molar-refractivity contribution in [2.24, 2.45) is 17.6 Å². The fourth-order valence-corrected chi connectivity index (χ4v) is 3.08. The summed E-state index contributed by atoms with van der Waals surface area (Å²) >= 11 is 0. The molecule has 0 radical (unpaired) electrons. The molecule has 0 bridgehead atoms. The molecule has 3 heteroatoms. The van der Waals surface area contributed by atoms with Crippen LogP contribution < -0.4 is 10.5 Å². The van der Waals surface area contributed by atoms with Crippen LogP contribution in [-0.2, 0) is 0 Å². The maximum absolute atomic E-state index is 6.06. The second-order valence-electron chi connectivity index (χ2n) is 6.41. The second kappa shape index (κ2) is 7.81. The number of hydrogen-bond acceptors (Lipinski definition) is 3. The Morgan fingerprint density at radius 2 is 1.95 bits per heavy atom. The molecule has 1 aromatic rings. The smallest absolute Gasteiger partial charge is 0.119 e. The van der Waals surface area contributed by atoms with Crippen LogP contribution in [0.5, 0.6) is 5.75 Å². The van der Waals surface area contributed by atoms with Crippen LogP contribution in [0.15, 0.2) is 24.3 Å². The number of hydrogen-bond donors (Lipinski definition) is 1. The zero-order valence-corrected chi connectivity index (χ0v) is 13.7. The van der Waals surface area contributed by atoms with Crippen molar-refractivity contribution >= 4 is 0 Å². The van der Waals surface area contributed by atoms with Gasteiger partial charge >= 0.3 is 0 Å². The number of likely N-dealkylation sites (tertiary alicyclic amines) is 1. The molecule has 3 atom stereocenters. The molecule has 1 aromatic carbocycles. The standard InChI is InChI=1S/C18H30N2O/c1-4-11-21-17-7-5-16(6-8-17)18(12-19)20-10-9-14(2)15(3)13-20/h5-8,14-15,18H,4,9-13,19H2,1-3H3. The molecule has 0 aliphatic carbocycles. The molecule has 2 N–H and O–H groups in total. The summed E-state index contributed by atoms with van der Waals surface area (Å²) in [4.78, 5) is 2.55. The van der Waals surface area contributed by atoms with Crippen molar-refractivity contribution in [2.45, 2.75) is 39.7 Å². The highest BCUT2D eigenvalue weighted by atomic mass is 16.5. The van der Waals surface area contributed by atoms with Crippen molar-refractivity contribution in [3.05, 3.63) is 29.8 Å². The van der Waals surface area contributed by atoms with Crippen molar-refractivity contribution < 1.29 is 4.74 Å². The average Bonchev–Trinajstić information content (AvgIpc) is 2.50. The van der Waals surface area contributed by atoms with Crippen molar-refractivity contribution in [2.75, 3.05) is 26.2 Å². The summed E-state index contributed by atoms with van der Waals surface area (Å²) in [6.07, 6.45) is 2.31. The number of ether oxygens (including phenoxy) is 1. The summed E-state index contributed by atoms with van der Waals surface area (Å²) in [5.74, 6) is 2.53. The van der Waals surface area contributed by atoms with Gasteiger partial charge in [-0.3, -0.25) is 4.90 Å². The lowest BCUT2D eigenvalue weighted by molar-refractivity contribution is 0.0983. The molecular weight excluding hydrogens is 260 g/mol. The Morgan fingerprint density at radius 3 is 2.52 bits per heavy atom. The van der Waals surface area contributed by atoms with Crippen LogP contribution in [0.25, 0.3) is 0 Å². The molecule has 0 saturated carbocycles. The van der Waals surface area contributed by atoms with E-state index in [4.69, 9.17) is 10.5 Å². The summed E-state index contributed by atoms with van der Waals surface area (Å²) in [5, 5.41) is 0. The van der Waals surface area contributed by atoms with Gasteiger partial charge in [0.1, 0.15) is 5.75 Å². The van der Waals surface area contributed by atoms with Gasteiger partial charge in [0, 0.05) is 19.1 Å². The zero-order valence-electron chi connectivity index (χ0n) is 13.7. The van der Waals surface area contributed by atoms with E-state index in [2.05, 4.69) is 49.9 Å². The third-order valence-electron chi connectivity index (χ3n) is 4.77. The van der Waals surface area contributed by atoms with E-state index in [1.807, 2.05) is 0 Å². The van der Waals surface area contributed by atoms with E-state index >= 15 is 0 Å². The van der Waals surface area contributed by atoms with Crippen molar-refractivity contribution in [1.82, 2.24) is 4.90 Å². The molecule has 0 aromatic heterocycles. The van der Waals surface area contributed by atoms with Crippen LogP contribution in [-0.4, -0.2) is 31.1 Å². The highest BCUT2D eigenvalue weighted by Gasteiger charge is 2.27. The first-order chi connectivity index (χ1) is 10.2. The van der Waals surface area contributed by atoms with E-state index in [-0.39, 0.29) is 0 Å². The molecular formula is C18H30N2O. The van der Waals surface area contributed by atoms with Gasteiger partial charge in [0.2, 0.25) is 0 Å². The fourth-order valence-electron chi connectivity index (χ4n) is 3.08. The zero-order chi connectivity index (χ0) is 15.2. The lowest BCUT2D eigenvalue weighted by Gasteiger charge is -2.40. The number of benzene rings is 1. The minimum atomic E-state index is 0.333. The molecule has 1 fully saturated rings. The van der Waals surface area contributed by atoms with Crippen LogP contribution >= 0.6 is 0 Å². The van der Waals surface area contributed by atoms with Gasteiger partial charge in [-0.1, -0.05) is 32.9 Å². The molecule has 3 nitrogen and oxygen atoms in total. The molecule has 1 aliphatic heterocycles. The third-order valence-corrected chi connectivity index (χ3v) is 4.77. The summed E-state index contributed by atoms with van der Waals surface area (Å²) in [5.41, 5.74) is 7.37. The lowest BCUT2D eigenvalue weighted by Crippen LogP contribution is -2.43. The topological polar surface area (TPSA) is 38.5 Å². The van der Waals surface area contributed by atoms with Gasteiger partial charge in [-0.05, 0) is 48.9 Å². The molecule has 2 rings (SSSR count). The van der Waals surface area contributed by atoms with Crippen molar-refractivity contribution in [1.29, 1.82) is 0 Å². The van der Waals surface area contributed by atoms with Gasteiger partial charge in [0.15, 0.2) is 0 Å². The molecule has 21 heavy (non-hydrogen) atoms. The van der Waals surface area contributed by atoms with E-state index in [0.717, 1.165) is 43.7 Å². The van der Waals surface area contributed by atoms with E-state index < -0.39 is 0 Å². The minimum absolute atomic E-state index is 0.333. The minimum Gasteiger partial charge on any atom is -0.494 e. The maximum Gasteiger partial charge on any atom is 0.119 e. The molecule has 1 aliphatic rings. The monoisotopic (exact) mass is 290 g/mol. The maximum atomic E-state index is 6.06. The summed E-state index contributed by atoms with van der Waals surface area (Å²) < 4.78 is 5.66. The predicted octanol–water partition coefficient (Wildman–Crippen LogP) is 3.45. The highest BCUT2D eigenvalue weighted by molar-refractivity contribution is 5.29. The molecule has 1 saturated heterocycles. The van der Waals surface area contributed by atoms with Crippen molar-refractivity contribution in [3.63, 3.8) is 0 Å². The first kappa shape index (κ1) is 16.3. The van der Waals surface area contributed by atoms with Gasteiger partial charge in [-0.2, -0.15) is 0 Å². The Morgan fingerprint density at radius 1 is 1.24 bits per heavy atom. The first-order valence-corrected chi connectivity index (χ1v) is 8.32. The molecule has 3 unspecified atom stereocenters. The lowest BCUT2D eigenvalue weighted by atomic mass is 9.87. The van der Waals surface area contributed by atoms with Crippen LogP contribution in [0.3, 0.4) is 0 Å². The van der Waals surface area contributed by atoms with Gasteiger partial charge < -0.3 is 10.5 Å². The third kappa shape index (κ3) is 4.21.